The summed E-state index contributed by atoms with van der Waals surface area (Å²) in [7, 11) is 1.29. The van der Waals surface area contributed by atoms with Gasteiger partial charge in [-0.15, -0.1) is 0 Å². The Bertz CT molecular complexity index is 1280. The highest BCUT2D eigenvalue weighted by atomic mass is 16.6. The number of carbonyl (C=O) groups is 1. The molecule has 0 atom stereocenters. The SMILES string of the molecule is COC(=O)c1ccc(Nc2ncnc(N(Cc3ccccc3)c3ccccn3)c2[N+](=O)[O-])cc1. The summed E-state index contributed by atoms with van der Waals surface area (Å²) in [5.41, 5.74) is 1.48. The van der Waals surface area contributed by atoms with E-state index >= 15 is 0 Å². The number of carbonyl (C=O) groups excluding carboxylic acids is 1. The Hall–Kier alpha value is -4.86. The number of hydrogen-bond donors (Lipinski definition) is 1. The van der Waals surface area contributed by atoms with E-state index in [4.69, 9.17) is 4.74 Å². The maximum Gasteiger partial charge on any atom is 0.354 e. The molecule has 0 spiro atoms. The van der Waals surface area contributed by atoms with Gasteiger partial charge < -0.3 is 15.0 Å². The molecule has 4 aromatic rings. The number of pyridine rings is 1. The van der Waals surface area contributed by atoms with Crippen molar-refractivity contribution in [3.8, 4) is 0 Å². The van der Waals surface area contributed by atoms with Crippen molar-refractivity contribution >= 4 is 34.8 Å². The van der Waals surface area contributed by atoms with Gasteiger partial charge in [0.2, 0.25) is 11.6 Å². The fraction of sp³-hybridized carbons (Fsp3) is 0.0833. The van der Waals surface area contributed by atoms with Gasteiger partial charge in [-0.1, -0.05) is 36.4 Å². The molecule has 2 aromatic heterocycles. The zero-order chi connectivity index (χ0) is 23.9. The quantitative estimate of drug-likeness (QED) is 0.229. The molecular weight excluding hydrogens is 436 g/mol. The van der Waals surface area contributed by atoms with Crippen molar-refractivity contribution < 1.29 is 14.5 Å². The van der Waals surface area contributed by atoms with Crippen LogP contribution in [0.2, 0.25) is 0 Å². The number of nitrogens with zero attached hydrogens (tertiary/aromatic N) is 5. The van der Waals surface area contributed by atoms with Gasteiger partial charge in [-0.2, -0.15) is 0 Å². The number of nitrogens with one attached hydrogen (secondary N) is 1. The molecule has 2 heterocycles. The molecule has 0 aliphatic heterocycles. The van der Waals surface area contributed by atoms with Crippen LogP contribution >= 0.6 is 0 Å². The summed E-state index contributed by atoms with van der Waals surface area (Å²) in [6, 6.07) is 21.2. The van der Waals surface area contributed by atoms with Crippen LogP contribution in [0.25, 0.3) is 0 Å². The highest BCUT2D eigenvalue weighted by molar-refractivity contribution is 5.90. The van der Waals surface area contributed by atoms with Crippen LogP contribution in [-0.4, -0.2) is 33.0 Å². The second kappa shape index (κ2) is 10.2. The molecule has 170 valence electrons. The predicted molar refractivity (Wildman–Crippen MR) is 126 cm³/mol. The molecule has 1 N–H and O–H groups in total. The first-order chi connectivity index (χ1) is 16.6. The van der Waals surface area contributed by atoms with Crippen LogP contribution in [0, 0.1) is 10.1 Å². The number of benzene rings is 2. The summed E-state index contributed by atoms with van der Waals surface area (Å²) >= 11 is 0. The summed E-state index contributed by atoms with van der Waals surface area (Å²) in [5, 5.41) is 15.1. The number of esters is 1. The second-order valence-corrected chi connectivity index (χ2v) is 7.11. The lowest BCUT2D eigenvalue weighted by atomic mass is 10.2. The van der Waals surface area contributed by atoms with Crippen LogP contribution in [0.15, 0.2) is 85.3 Å². The zero-order valence-corrected chi connectivity index (χ0v) is 18.2. The number of hydrogen-bond acceptors (Lipinski definition) is 9. The van der Waals surface area contributed by atoms with Crippen LogP contribution in [-0.2, 0) is 11.3 Å². The normalized spacial score (nSPS) is 10.4. The summed E-state index contributed by atoms with van der Waals surface area (Å²) in [6.45, 7) is 0.309. The van der Waals surface area contributed by atoms with E-state index in [-0.39, 0.29) is 17.3 Å². The van der Waals surface area contributed by atoms with Crippen molar-refractivity contribution in [2.75, 3.05) is 17.3 Å². The summed E-state index contributed by atoms with van der Waals surface area (Å²) < 4.78 is 4.70. The molecule has 0 radical (unpaired) electrons. The molecule has 10 heteroatoms. The number of nitro groups is 1. The molecular formula is C24H20N6O4. The Morgan fingerprint density at radius 1 is 1.00 bits per heavy atom. The van der Waals surface area contributed by atoms with Gasteiger partial charge in [-0.05, 0) is 42.0 Å². The van der Waals surface area contributed by atoms with E-state index in [2.05, 4.69) is 20.3 Å². The highest BCUT2D eigenvalue weighted by Gasteiger charge is 2.29. The van der Waals surface area contributed by atoms with Crippen molar-refractivity contribution in [1.82, 2.24) is 15.0 Å². The largest absolute Gasteiger partial charge is 0.465 e. The van der Waals surface area contributed by atoms with Gasteiger partial charge in [0.15, 0.2) is 0 Å². The molecule has 0 saturated heterocycles. The summed E-state index contributed by atoms with van der Waals surface area (Å²) in [6.07, 6.45) is 2.87. The van der Waals surface area contributed by atoms with Crippen LogP contribution in [0.4, 0.5) is 28.8 Å². The van der Waals surface area contributed by atoms with Crippen molar-refractivity contribution in [1.29, 1.82) is 0 Å². The van der Waals surface area contributed by atoms with E-state index in [1.807, 2.05) is 30.3 Å². The maximum absolute atomic E-state index is 12.2. The van der Waals surface area contributed by atoms with Crippen LogP contribution in [0.3, 0.4) is 0 Å². The molecule has 4 rings (SSSR count). The molecule has 0 saturated carbocycles. The van der Waals surface area contributed by atoms with E-state index in [1.54, 1.807) is 53.6 Å². The van der Waals surface area contributed by atoms with Crippen LogP contribution in [0.5, 0.6) is 0 Å². The molecule has 0 unspecified atom stereocenters. The molecule has 0 amide bonds. The molecule has 0 aliphatic rings. The van der Waals surface area contributed by atoms with Gasteiger partial charge >= 0.3 is 11.7 Å². The summed E-state index contributed by atoms with van der Waals surface area (Å²) in [5.74, 6) is 0.126. The number of rotatable bonds is 8. The first-order valence-corrected chi connectivity index (χ1v) is 10.2. The van der Waals surface area contributed by atoms with E-state index in [1.165, 1.54) is 13.4 Å². The van der Waals surface area contributed by atoms with Crippen LogP contribution < -0.4 is 10.2 Å². The second-order valence-electron chi connectivity index (χ2n) is 7.11. The lowest BCUT2D eigenvalue weighted by Gasteiger charge is -2.23. The molecule has 0 bridgehead atoms. The van der Waals surface area contributed by atoms with Gasteiger partial charge in [-0.25, -0.2) is 19.7 Å². The van der Waals surface area contributed by atoms with Crippen molar-refractivity contribution in [3.05, 3.63) is 107 Å². The third-order valence-corrected chi connectivity index (χ3v) is 4.92. The number of ether oxygens (including phenoxy) is 1. The predicted octanol–water partition coefficient (Wildman–Crippen LogP) is 4.65. The van der Waals surface area contributed by atoms with E-state index in [9.17, 15) is 14.9 Å². The van der Waals surface area contributed by atoms with Gasteiger partial charge in [0.05, 0.1) is 24.1 Å². The minimum absolute atomic E-state index is 0.00908. The van der Waals surface area contributed by atoms with Crippen molar-refractivity contribution in [2.24, 2.45) is 0 Å². The minimum Gasteiger partial charge on any atom is -0.465 e. The third kappa shape index (κ3) is 4.96. The molecule has 0 aliphatic carbocycles. The van der Waals surface area contributed by atoms with Crippen molar-refractivity contribution in [3.63, 3.8) is 0 Å². The topological polar surface area (TPSA) is 123 Å². The number of anilines is 4. The first kappa shape index (κ1) is 22.3. The average Bonchev–Trinajstić information content (AvgIpc) is 2.88. The molecule has 2 aromatic carbocycles. The molecule has 0 fully saturated rings. The Morgan fingerprint density at radius 3 is 2.38 bits per heavy atom. The van der Waals surface area contributed by atoms with Gasteiger partial charge in [0.1, 0.15) is 12.1 Å². The Kier molecular flexibility index (Phi) is 6.68. The van der Waals surface area contributed by atoms with E-state index in [0.717, 1.165) is 5.56 Å². The Morgan fingerprint density at radius 2 is 1.74 bits per heavy atom. The van der Waals surface area contributed by atoms with Gasteiger partial charge in [-0.3, -0.25) is 10.1 Å². The number of methoxy groups -OCH3 is 1. The van der Waals surface area contributed by atoms with E-state index in [0.29, 0.717) is 23.6 Å². The monoisotopic (exact) mass is 456 g/mol. The van der Waals surface area contributed by atoms with Gasteiger partial charge in [0.25, 0.3) is 0 Å². The summed E-state index contributed by atoms with van der Waals surface area (Å²) in [4.78, 5) is 37.7. The first-order valence-electron chi connectivity index (χ1n) is 10.2. The van der Waals surface area contributed by atoms with Crippen molar-refractivity contribution in [2.45, 2.75) is 6.54 Å². The number of aromatic nitrogens is 3. The van der Waals surface area contributed by atoms with Crippen LogP contribution in [0.1, 0.15) is 15.9 Å². The lowest BCUT2D eigenvalue weighted by Crippen LogP contribution is -2.21. The fourth-order valence-electron chi connectivity index (χ4n) is 3.31. The Labute approximate surface area is 195 Å². The average molecular weight is 456 g/mol. The standard InChI is InChI=1S/C24H20N6O4/c1-34-24(31)18-10-12-19(13-11-18)28-22-21(30(32)33)23(27-16-26-22)29(20-9-5-6-14-25-20)15-17-7-3-2-4-8-17/h2-14,16H,15H2,1H3,(H,26,27,28). The minimum atomic E-state index is -0.526. The molecule has 34 heavy (non-hydrogen) atoms. The Balaban J connectivity index is 1.75. The van der Waals surface area contributed by atoms with Gasteiger partial charge in [0, 0.05) is 11.9 Å². The zero-order valence-electron chi connectivity index (χ0n) is 18.2. The van der Waals surface area contributed by atoms with E-state index < -0.39 is 10.9 Å². The third-order valence-electron chi connectivity index (χ3n) is 4.92. The lowest BCUT2D eigenvalue weighted by molar-refractivity contribution is -0.383. The maximum atomic E-state index is 12.2. The molecule has 10 nitrogen and oxygen atoms in total. The fourth-order valence-corrected chi connectivity index (χ4v) is 3.31. The highest BCUT2D eigenvalue weighted by Crippen LogP contribution is 2.37. The smallest absolute Gasteiger partial charge is 0.354 e.